The molecule has 0 aliphatic carbocycles. The van der Waals surface area contributed by atoms with Gasteiger partial charge in [-0.15, -0.1) is 0 Å². The number of H-pyrrole nitrogens is 1. The highest BCUT2D eigenvalue weighted by atomic mass is 16.5. The first-order valence-electron chi connectivity index (χ1n) is 6.43. The molecule has 1 N–H and O–H groups in total. The fraction of sp³-hybridized carbons (Fsp3) is 0.118. The van der Waals surface area contributed by atoms with Crippen molar-refractivity contribution in [3.8, 4) is 5.75 Å². The second-order valence-electron chi connectivity index (χ2n) is 4.55. The summed E-state index contributed by atoms with van der Waals surface area (Å²) in [6.45, 7) is 4.53. The van der Waals surface area contributed by atoms with Crippen LogP contribution in [-0.2, 0) is 13.0 Å². The molecule has 0 atom stereocenters. The van der Waals surface area contributed by atoms with Crippen LogP contribution >= 0.6 is 0 Å². The third kappa shape index (κ3) is 2.48. The first kappa shape index (κ1) is 11.8. The lowest BCUT2D eigenvalue weighted by atomic mass is 10.1. The molecule has 1 aromatic heterocycles. The summed E-state index contributed by atoms with van der Waals surface area (Å²) in [4.78, 5) is 3.24. The molecule has 19 heavy (non-hydrogen) atoms. The number of nitrogens with one attached hydrogen (secondary N) is 1. The normalized spacial score (nSPS) is 10.8. The molecule has 0 amide bonds. The number of hydrogen-bond acceptors (Lipinski definition) is 1. The molecule has 0 fully saturated rings. The van der Waals surface area contributed by atoms with Gasteiger partial charge in [0, 0.05) is 17.1 Å². The summed E-state index contributed by atoms with van der Waals surface area (Å²) in [5, 5.41) is 1.19. The Kier molecular flexibility index (Phi) is 3.23. The molecular weight excluding hydrogens is 234 g/mol. The van der Waals surface area contributed by atoms with Crippen molar-refractivity contribution in [2.24, 2.45) is 0 Å². The Hall–Kier alpha value is -2.22. The van der Waals surface area contributed by atoms with Gasteiger partial charge in [0.15, 0.2) is 0 Å². The highest BCUT2D eigenvalue weighted by Gasteiger charge is 2.03. The minimum atomic E-state index is 0.594. The average Bonchev–Trinajstić information content (AvgIpc) is 2.88. The molecule has 2 heteroatoms. The van der Waals surface area contributed by atoms with E-state index < -0.39 is 0 Å². The van der Waals surface area contributed by atoms with Crippen LogP contribution in [0.2, 0.25) is 0 Å². The van der Waals surface area contributed by atoms with Gasteiger partial charge in [-0.3, -0.25) is 0 Å². The van der Waals surface area contributed by atoms with E-state index in [0.29, 0.717) is 6.61 Å². The molecule has 0 saturated carbocycles. The zero-order valence-electron chi connectivity index (χ0n) is 10.7. The summed E-state index contributed by atoms with van der Waals surface area (Å²) < 4.78 is 5.83. The number of rotatable bonds is 4. The van der Waals surface area contributed by atoms with Crippen molar-refractivity contribution < 1.29 is 4.74 Å². The van der Waals surface area contributed by atoms with E-state index in [1.165, 1.54) is 16.5 Å². The second-order valence-corrected chi connectivity index (χ2v) is 4.55. The van der Waals surface area contributed by atoms with Crippen molar-refractivity contribution in [3.05, 3.63) is 72.8 Å². The summed E-state index contributed by atoms with van der Waals surface area (Å²) in [7, 11) is 0. The Balaban J connectivity index is 1.81. The number of fused-ring (bicyclic) bond motifs is 1. The average molecular weight is 250 g/mol. The molecule has 0 unspecified atom stereocenters. The molecule has 0 aliphatic heterocycles. The summed E-state index contributed by atoms with van der Waals surface area (Å²) in [5.74, 6) is 0.894. The van der Waals surface area contributed by atoms with Gasteiger partial charge in [-0.05, 0) is 42.7 Å². The molecule has 0 bridgehead atoms. The standard InChI is InChI=1S/C17H16NO/c1-2-14-11-18-17-9-8-15(10-16(14)17)19-12-13-6-4-3-5-7-13/h3-11,18H,1-2,12H2. The molecule has 1 radical (unpaired) electrons. The van der Waals surface area contributed by atoms with E-state index in [1.54, 1.807) is 0 Å². The van der Waals surface area contributed by atoms with Gasteiger partial charge in [0.1, 0.15) is 12.4 Å². The van der Waals surface area contributed by atoms with Gasteiger partial charge in [-0.25, -0.2) is 0 Å². The van der Waals surface area contributed by atoms with Crippen LogP contribution in [0.25, 0.3) is 10.9 Å². The molecule has 95 valence electrons. The molecule has 1 heterocycles. The first-order valence-corrected chi connectivity index (χ1v) is 6.43. The summed E-state index contributed by atoms with van der Waals surface area (Å²) in [6.07, 6.45) is 2.79. The van der Waals surface area contributed by atoms with Crippen LogP contribution in [0.4, 0.5) is 0 Å². The number of hydrogen-bond donors (Lipinski definition) is 1. The quantitative estimate of drug-likeness (QED) is 0.740. The first-order chi connectivity index (χ1) is 9.36. The minimum Gasteiger partial charge on any atom is -0.489 e. The topological polar surface area (TPSA) is 25.0 Å². The third-order valence-corrected chi connectivity index (χ3v) is 3.26. The summed E-state index contributed by atoms with van der Waals surface area (Å²) in [5.41, 5.74) is 3.53. The van der Waals surface area contributed by atoms with Gasteiger partial charge in [-0.1, -0.05) is 30.3 Å². The summed E-state index contributed by atoms with van der Waals surface area (Å²) in [6, 6.07) is 16.3. The Bertz CT molecular complexity index is 670. The Morgan fingerprint density at radius 2 is 1.89 bits per heavy atom. The molecule has 3 aromatic rings. The maximum Gasteiger partial charge on any atom is 0.120 e. The molecule has 0 saturated heterocycles. The zero-order chi connectivity index (χ0) is 13.1. The van der Waals surface area contributed by atoms with Crippen molar-refractivity contribution in [1.29, 1.82) is 0 Å². The van der Waals surface area contributed by atoms with E-state index in [4.69, 9.17) is 4.74 Å². The van der Waals surface area contributed by atoms with Gasteiger partial charge in [0.05, 0.1) is 0 Å². The zero-order valence-corrected chi connectivity index (χ0v) is 10.7. The lowest BCUT2D eigenvalue weighted by Crippen LogP contribution is -1.94. The van der Waals surface area contributed by atoms with Gasteiger partial charge >= 0.3 is 0 Å². The molecule has 0 aliphatic rings. The van der Waals surface area contributed by atoms with Crippen LogP contribution in [0.1, 0.15) is 11.1 Å². The fourth-order valence-corrected chi connectivity index (χ4v) is 2.20. The lowest BCUT2D eigenvalue weighted by Gasteiger charge is -2.06. The minimum absolute atomic E-state index is 0.594. The molecule has 2 aromatic carbocycles. The van der Waals surface area contributed by atoms with Crippen molar-refractivity contribution in [3.63, 3.8) is 0 Å². The Morgan fingerprint density at radius 1 is 1.05 bits per heavy atom. The maximum atomic E-state index is 5.83. The van der Waals surface area contributed by atoms with Crippen LogP contribution in [-0.4, -0.2) is 4.98 Å². The largest absolute Gasteiger partial charge is 0.489 e. The van der Waals surface area contributed by atoms with Gasteiger partial charge in [-0.2, -0.15) is 0 Å². The van der Waals surface area contributed by atoms with Crippen LogP contribution in [0, 0.1) is 6.92 Å². The Labute approximate surface area is 113 Å². The smallest absolute Gasteiger partial charge is 0.120 e. The van der Waals surface area contributed by atoms with Gasteiger partial charge < -0.3 is 9.72 Å². The lowest BCUT2D eigenvalue weighted by molar-refractivity contribution is 0.306. The van der Waals surface area contributed by atoms with Crippen LogP contribution < -0.4 is 4.74 Å². The molecule has 0 spiro atoms. The molecule has 2 nitrogen and oxygen atoms in total. The summed E-state index contributed by atoms with van der Waals surface area (Å²) >= 11 is 0. The highest BCUT2D eigenvalue weighted by Crippen LogP contribution is 2.24. The second kappa shape index (κ2) is 5.19. The monoisotopic (exact) mass is 250 g/mol. The van der Waals surface area contributed by atoms with Crippen LogP contribution in [0.3, 0.4) is 0 Å². The van der Waals surface area contributed by atoms with Crippen molar-refractivity contribution >= 4 is 10.9 Å². The number of aromatic amines is 1. The van der Waals surface area contributed by atoms with E-state index in [0.717, 1.165) is 17.7 Å². The molecular formula is C17H16NO. The highest BCUT2D eigenvalue weighted by molar-refractivity contribution is 5.84. The van der Waals surface area contributed by atoms with Crippen molar-refractivity contribution in [2.75, 3.05) is 0 Å². The van der Waals surface area contributed by atoms with E-state index in [9.17, 15) is 0 Å². The van der Waals surface area contributed by atoms with E-state index in [-0.39, 0.29) is 0 Å². The Morgan fingerprint density at radius 3 is 2.68 bits per heavy atom. The maximum absolute atomic E-state index is 5.83. The van der Waals surface area contributed by atoms with Gasteiger partial charge in [0.2, 0.25) is 0 Å². The molecule has 3 rings (SSSR count). The van der Waals surface area contributed by atoms with Crippen LogP contribution in [0.15, 0.2) is 54.7 Å². The number of ether oxygens (including phenoxy) is 1. The van der Waals surface area contributed by atoms with Gasteiger partial charge in [0.25, 0.3) is 0 Å². The predicted octanol–water partition coefficient (Wildman–Crippen LogP) is 4.12. The number of aromatic nitrogens is 1. The van der Waals surface area contributed by atoms with E-state index >= 15 is 0 Å². The predicted molar refractivity (Wildman–Crippen MR) is 78.1 cm³/mol. The number of benzene rings is 2. The van der Waals surface area contributed by atoms with Crippen LogP contribution in [0.5, 0.6) is 5.75 Å². The third-order valence-electron chi connectivity index (χ3n) is 3.26. The fourth-order valence-electron chi connectivity index (χ4n) is 2.20. The van der Waals surface area contributed by atoms with E-state index in [2.05, 4.69) is 36.2 Å². The SMILES string of the molecule is [CH2]Cc1c[nH]c2ccc(OCc3ccccc3)cc12. The van der Waals surface area contributed by atoms with E-state index in [1.807, 2.05) is 30.5 Å². The van der Waals surface area contributed by atoms with Crippen molar-refractivity contribution in [1.82, 2.24) is 4.98 Å². The van der Waals surface area contributed by atoms with Crippen molar-refractivity contribution in [2.45, 2.75) is 13.0 Å².